The van der Waals surface area contributed by atoms with E-state index < -0.39 is 11.7 Å². The number of carbonyl (C=O) groups is 1. The molecule has 220 valence electrons. The van der Waals surface area contributed by atoms with Crippen molar-refractivity contribution >= 4 is 35.6 Å². The smallest absolute Gasteiger partial charge is 0.407 e. The zero-order valence-corrected chi connectivity index (χ0v) is 24.3. The van der Waals surface area contributed by atoms with Gasteiger partial charge in [-0.25, -0.2) is 4.79 Å². The second kappa shape index (κ2) is 17.4. The molecule has 0 unspecified atom stereocenters. The lowest BCUT2D eigenvalue weighted by Crippen LogP contribution is -2.37. The van der Waals surface area contributed by atoms with Crippen LogP contribution >= 0.6 is 0 Å². The first kappa shape index (κ1) is 32.0. The molecule has 3 heterocycles. The van der Waals surface area contributed by atoms with E-state index >= 15 is 0 Å². The number of aromatic nitrogens is 2. The molecule has 1 aromatic heterocycles. The lowest BCUT2D eigenvalue weighted by Gasteiger charge is -2.29. The number of nitrogens with zero attached hydrogens (tertiary/aromatic N) is 5. The molecule has 0 saturated carbocycles. The van der Waals surface area contributed by atoms with Crippen LogP contribution in [-0.2, 0) is 9.47 Å². The minimum atomic E-state index is -0.517. The maximum Gasteiger partial charge on any atom is 0.407 e. The molecule has 2 saturated heterocycles. The minimum absolute atomic E-state index is 0.329. The molecule has 0 bridgehead atoms. The van der Waals surface area contributed by atoms with Gasteiger partial charge in [0.15, 0.2) is 0 Å². The molecule has 2 aliphatic heterocycles. The van der Waals surface area contributed by atoms with Crippen LogP contribution in [0, 0.1) is 0 Å². The van der Waals surface area contributed by atoms with Crippen LogP contribution in [0.2, 0.25) is 0 Å². The molecule has 39 heavy (non-hydrogen) atoms. The first-order valence-electron chi connectivity index (χ1n) is 14.0. The number of hydrazone groups is 1. The number of amides is 1. The summed E-state index contributed by atoms with van der Waals surface area (Å²) in [6.07, 6.45) is 3.96. The number of hydrogen-bond donors (Lipinski definition) is 5. The lowest BCUT2D eigenvalue weighted by atomic mass is 10.1. The maximum absolute atomic E-state index is 11.7. The van der Waals surface area contributed by atoms with Crippen molar-refractivity contribution in [3.05, 3.63) is 6.07 Å². The van der Waals surface area contributed by atoms with Gasteiger partial charge in [-0.05, 0) is 53.1 Å². The Kier molecular flexibility index (Phi) is 14.3. The Balaban J connectivity index is 0.00000260. The Hall–Kier alpha value is -3.19. The Morgan fingerprint density at radius 3 is 2.64 bits per heavy atom. The third kappa shape index (κ3) is 12.9. The molecule has 0 radical (unpaired) electrons. The van der Waals surface area contributed by atoms with Gasteiger partial charge in [-0.3, -0.25) is 4.99 Å². The Morgan fingerprint density at radius 2 is 1.97 bits per heavy atom. The molecule has 6 N–H and O–H groups in total. The zero-order valence-electron chi connectivity index (χ0n) is 24.3. The summed E-state index contributed by atoms with van der Waals surface area (Å²) in [5.41, 5.74) is 0.0467. The molecule has 0 atom stereocenters. The van der Waals surface area contributed by atoms with E-state index in [0.717, 1.165) is 50.7 Å². The molecule has 2 fully saturated rings. The average Bonchev–Trinajstić information content (AvgIpc) is 2.93. The number of alkyl carbamates (subject to hydrolysis) is 1. The highest BCUT2D eigenvalue weighted by molar-refractivity contribution is 6.32. The monoisotopic (exact) mass is 548 g/mol. The molecule has 0 spiro atoms. The van der Waals surface area contributed by atoms with Gasteiger partial charge in [-0.2, -0.15) is 15.1 Å². The molecule has 0 aromatic carbocycles. The third-order valence-corrected chi connectivity index (χ3v) is 5.70. The highest BCUT2D eigenvalue weighted by Gasteiger charge is 2.18. The minimum Gasteiger partial charge on any atom is -0.444 e. The molecule has 1 aromatic rings. The van der Waals surface area contributed by atoms with E-state index in [2.05, 4.69) is 41.2 Å². The van der Waals surface area contributed by atoms with E-state index in [1.807, 2.05) is 40.7 Å². The molecular formula is C26H48N10O3. The Labute approximate surface area is 232 Å². The average molecular weight is 549 g/mol. The van der Waals surface area contributed by atoms with Crippen molar-refractivity contribution in [2.45, 2.75) is 65.5 Å². The van der Waals surface area contributed by atoms with Gasteiger partial charge in [-0.15, -0.1) is 0 Å². The van der Waals surface area contributed by atoms with Crippen LogP contribution < -0.4 is 32.0 Å². The van der Waals surface area contributed by atoms with Crippen molar-refractivity contribution in [3.63, 3.8) is 0 Å². The fourth-order valence-corrected chi connectivity index (χ4v) is 3.86. The van der Waals surface area contributed by atoms with Gasteiger partial charge < -0.3 is 41.5 Å². The highest BCUT2D eigenvalue weighted by atomic mass is 16.6. The van der Waals surface area contributed by atoms with E-state index in [1.54, 1.807) is 6.21 Å². The van der Waals surface area contributed by atoms with Crippen LogP contribution in [0.3, 0.4) is 0 Å². The number of nitrogens with one attached hydrogen (secondary N) is 4. The van der Waals surface area contributed by atoms with Gasteiger partial charge in [0, 0.05) is 44.5 Å². The van der Waals surface area contributed by atoms with E-state index in [0.29, 0.717) is 57.0 Å². The van der Waals surface area contributed by atoms with Crippen LogP contribution in [0.15, 0.2) is 16.2 Å². The quantitative estimate of drug-likeness (QED) is 0.120. The predicted octanol–water partition coefficient (Wildman–Crippen LogP) is 2.22. The number of anilines is 3. The summed E-state index contributed by atoms with van der Waals surface area (Å²) in [5.74, 6) is 7.73. The first-order chi connectivity index (χ1) is 18.8. The molecule has 13 heteroatoms. The summed E-state index contributed by atoms with van der Waals surface area (Å²) < 4.78 is 10.7. The highest BCUT2D eigenvalue weighted by Crippen LogP contribution is 2.21. The van der Waals surface area contributed by atoms with Gasteiger partial charge in [0.25, 0.3) is 0 Å². The standard InChI is InChI=1S/C24H42N10O3.C2H6/c1-24(2,3)37-23(35)28-8-4-7-27-16-19(33-25)17-29-22-31-20(30-18-5-9-26-10-6-18)15-21(32-22)34-11-13-36-14-12-34;1-2/h15-16,18,26H,4-14,17,25H2,1-3H3,(H,28,35)(H2,29,30,31,32);1-2H3/b27-16?,33-19+;. The number of carbonyl (C=O) groups excluding carboxylic acids is 1. The molecule has 13 nitrogen and oxygen atoms in total. The van der Waals surface area contributed by atoms with Crippen molar-refractivity contribution in [2.75, 3.05) is 74.6 Å². The van der Waals surface area contributed by atoms with Crippen molar-refractivity contribution in [1.29, 1.82) is 0 Å². The van der Waals surface area contributed by atoms with Crippen LogP contribution in [-0.4, -0.2) is 98.7 Å². The number of piperidine rings is 1. The summed E-state index contributed by atoms with van der Waals surface area (Å²) >= 11 is 0. The third-order valence-electron chi connectivity index (χ3n) is 5.70. The van der Waals surface area contributed by atoms with Gasteiger partial charge >= 0.3 is 6.09 Å². The topological polar surface area (TPSA) is 163 Å². The van der Waals surface area contributed by atoms with Crippen molar-refractivity contribution in [1.82, 2.24) is 20.6 Å². The molecule has 2 aliphatic rings. The van der Waals surface area contributed by atoms with E-state index in [9.17, 15) is 4.79 Å². The second-order valence-electron chi connectivity index (χ2n) is 9.99. The van der Waals surface area contributed by atoms with Gasteiger partial charge in [0.05, 0.1) is 25.5 Å². The zero-order chi connectivity index (χ0) is 28.5. The molecule has 3 rings (SSSR count). The van der Waals surface area contributed by atoms with Crippen molar-refractivity contribution in [2.24, 2.45) is 15.9 Å². The van der Waals surface area contributed by atoms with Gasteiger partial charge in [0.2, 0.25) is 5.95 Å². The summed E-state index contributed by atoms with van der Waals surface area (Å²) in [5, 5.41) is 16.7. The number of nitrogens with two attached hydrogens (primary N) is 1. The summed E-state index contributed by atoms with van der Waals surface area (Å²) in [4.78, 5) is 27.7. The largest absolute Gasteiger partial charge is 0.444 e. The second-order valence-corrected chi connectivity index (χ2v) is 9.99. The fraction of sp³-hybridized carbons (Fsp3) is 0.731. The normalized spacial score (nSPS) is 16.8. The number of aliphatic imine (C=N–C) groups is 1. The van der Waals surface area contributed by atoms with Crippen LogP contribution in [0.25, 0.3) is 0 Å². The summed E-state index contributed by atoms with van der Waals surface area (Å²) in [6, 6.07) is 2.38. The molecular weight excluding hydrogens is 500 g/mol. The van der Waals surface area contributed by atoms with E-state index in [-0.39, 0.29) is 0 Å². The van der Waals surface area contributed by atoms with Gasteiger partial charge in [0.1, 0.15) is 17.2 Å². The molecule has 0 aliphatic carbocycles. The number of morpholine rings is 1. The van der Waals surface area contributed by atoms with Crippen LogP contribution in [0.5, 0.6) is 0 Å². The number of rotatable bonds is 11. The van der Waals surface area contributed by atoms with Crippen LogP contribution in [0.1, 0.15) is 53.9 Å². The molecule has 1 amide bonds. The van der Waals surface area contributed by atoms with Gasteiger partial charge in [-0.1, -0.05) is 13.8 Å². The SMILES string of the molecule is CC.CC(C)(C)OC(=O)NCCCN=C/C(CNc1nc(NC2CCNCC2)cc(N2CCOCC2)n1)=N\N. The Bertz CT molecular complexity index is 908. The van der Waals surface area contributed by atoms with Crippen LogP contribution in [0.4, 0.5) is 22.4 Å². The lowest BCUT2D eigenvalue weighted by molar-refractivity contribution is 0.0527. The first-order valence-corrected chi connectivity index (χ1v) is 14.0. The predicted molar refractivity (Wildman–Crippen MR) is 158 cm³/mol. The van der Waals surface area contributed by atoms with Crippen molar-refractivity contribution in [3.8, 4) is 0 Å². The number of ether oxygens (including phenoxy) is 2. The fourth-order valence-electron chi connectivity index (χ4n) is 3.86. The van der Waals surface area contributed by atoms with Crippen molar-refractivity contribution < 1.29 is 14.3 Å². The van der Waals surface area contributed by atoms with E-state index in [1.165, 1.54) is 0 Å². The Morgan fingerprint density at radius 1 is 1.26 bits per heavy atom. The summed E-state index contributed by atoms with van der Waals surface area (Å²) in [6.45, 7) is 15.7. The van der Waals surface area contributed by atoms with E-state index in [4.69, 9.17) is 20.3 Å². The maximum atomic E-state index is 11.7. The summed E-state index contributed by atoms with van der Waals surface area (Å²) in [7, 11) is 0. The number of hydrogen-bond acceptors (Lipinski definition) is 12.